The van der Waals surface area contributed by atoms with Gasteiger partial charge in [-0.3, -0.25) is 4.79 Å². The van der Waals surface area contributed by atoms with Crippen molar-refractivity contribution in [3.8, 4) is 0 Å². The number of aliphatic hydroxyl groups is 2. The van der Waals surface area contributed by atoms with Crippen molar-refractivity contribution in [2.45, 2.75) is 174 Å². The van der Waals surface area contributed by atoms with Crippen molar-refractivity contribution in [3.63, 3.8) is 0 Å². The minimum Gasteiger partial charge on any atom is -0.394 e. The number of hydrogen-bond acceptors (Lipinski definition) is 3. The van der Waals surface area contributed by atoms with Crippen molar-refractivity contribution >= 4 is 5.91 Å². The zero-order chi connectivity index (χ0) is 40.0. The molecule has 55 heavy (non-hydrogen) atoms. The molecule has 308 valence electrons. The molecule has 0 radical (unpaired) electrons. The smallest absolute Gasteiger partial charge is 0.220 e. The van der Waals surface area contributed by atoms with Gasteiger partial charge in [-0.25, -0.2) is 0 Å². The number of hydrogen-bond donors (Lipinski definition) is 3. The molecule has 0 aromatic rings. The van der Waals surface area contributed by atoms with Crippen molar-refractivity contribution in [1.29, 1.82) is 0 Å². The molecule has 4 heteroatoms. The number of carbonyl (C=O) groups excluding carboxylic acids is 1. The first-order chi connectivity index (χ1) is 27.2. The quantitative estimate of drug-likeness (QED) is 0.0437. The van der Waals surface area contributed by atoms with Crippen molar-refractivity contribution in [1.82, 2.24) is 5.32 Å². The van der Waals surface area contributed by atoms with Gasteiger partial charge in [-0.1, -0.05) is 186 Å². The molecule has 4 nitrogen and oxygen atoms in total. The van der Waals surface area contributed by atoms with Crippen LogP contribution < -0.4 is 5.32 Å². The van der Waals surface area contributed by atoms with Crippen LogP contribution in [0.25, 0.3) is 0 Å². The van der Waals surface area contributed by atoms with E-state index >= 15 is 0 Å². The monoisotopic (exact) mass is 756 g/mol. The zero-order valence-electron chi connectivity index (χ0n) is 35.1. The fourth-order valence-corrected chi connectivity index (χ4v) is 5.58. The van der Waals surface area contributed by atoms with E-state index in [2.05, 4.69) is 141 Å². The third kappa shape index (κ3) is 41.5. The number of aliphatic hydroxyl groups excluding tert-OH is 2. The summed E-state index contributed by atoms with van der Waals surface area (Å²) in [4.78, 5) is 12.3. The van der Waals surface area contributed by atoms with Gasteiger partial charge in [0.15, 0.2) is 0 Å². The van der Waals surface area contributed by atoms with E-state index in [0.717, 1.165) is 109 Å². The standard InChI is InChI=1S/C51H81NO3/c1-3-5-7-9-11-13-15-16-17-18-19-20-21-22-23-24-25-26-27-28-29-30-31-32-33-34-35-36-37-39-41-43-45-47-51(55)52-49(48-53)50(54)46-44-42-40-38-14-12-10-8-6-4-2/h5-8,11,13-14,16-17,19-20,22-23,25-26,28-29,31-32,38,44,46,49-50,53-54H,3-4,9-10,12,15,18,21,24,27,30,33-37,39-43,45,47-48H2,1-2H3,(H,52,55)/b7-5-,8-6+,13-11-,17-16-,20-19-,23-22-,26-25-,29-28-,32-31-,38-14+,46-44+. The van der Waals surface area contributed by atoms with Crippen LogP contribution in [-0.2, 0) is 4.79 Å². The normalized spacial score (nSPS) is 14.3. The summed E-state index contributed by atoms with van der Waals surface area (Å²) in [5.41, 5.74) is 0. The van der Waals surface area contributed by atoms with Crippen molar-refractivity contribution in [2.24, 2.45) is 0 Å². The summed E-state index contributed by atoms with van der Waals surface area (Å²) >= 11 is 0. The van der Waals surface area contributed by atoms with Crippen molar-refractivity contribution in [2.75, 3.05) is 6.61 Å². The van der Waals surface area contributed by atoms with Gasteiger partial charge in [-0.15, -0.1) is 0 Å². The molecule has 0 aliphatic heterocycles. The Morgan fingerprint density at radius 3 is 1.20 bits per heavy atom. The number of carbonyl (C=O) groups is 1. The molecule has 0 aliphatic carbocycles. The van der Waals surface area contributed by atoms with E-state index in [1.807, 2.05) is 6.08 Å². The van der Waals surface area contributed by atoms with Crippen LogP contribution in [0.3, 0.4) is 0 Å². The highest BCUT2D eigenvalue weighted by molar-refractivity contribution is 5.76. The largest absolute Gasteiger partial charge is 0.394 e. The second-order valence-electron chi connectivity index (χ2n) is 14.0. The molecule has 0 bridgehead atoms. The van der Waals surface area contributed by atoms with Crippen LogP contribution in [0, 0.1) is 0 Å². The van der Waals surface area contributed by atoms with Crippen LogP contribution in [0.15, 0.2) is 134 Å². The maximum Gasteiger partial charge on any atom is 0.220 e. The maximum absolute atomic E-state index is 12.3. The highest BCUT2D eigenvalue weighted by Crippen LogP contribution is 2.11. The first kappa shape index (κ1) is 51.5. The first-order valence-electron chi connectivity index (χ1n) is 21.9. The minimum atomic E-state index is -0.881. The molecular formula is C51H81NO3. The Balaban J connectivity index is 3.67. The minimum absolute atomic E-state index is 0.0972. The molecule has 1 amide bonds. The second-order valence-corrected chi connectivity index (χ2v) is 14.0. The highest BCUT2D eigenvalue weighted by atomic mass is 16.3. The lowest BCUT2D eigenvalue weighted by Gasteiger charge is -2.19. The fraction of sp³-hybridized carbons (Fsp3) is 0.549. The number of unbranched alkanes of at least 4 members (excludes halogenated alkanes) is 10. The van der Waals surface area contributed by atoms with Crippen molar-refractivity contribution in [3.05, 3.63) is 134 Å². The van der Waals surface area contributed by atoms with Gasteiger partial charge in [-0.05, 0) is 103 Å². The molecule has 0 saturated carbocycles. The Labute approximate surface area is 339 Å². The molecule has 0 aromatic heterocycles. The average molecular weight is 756 g/mol. The summed E-state index contributed by atoms with van der Waals surface area (Å²) in [6.45, 7) is 4.03. The van der Waals surface area contributed by atoms with Gasteiger partial charge in [0.2, 0.25) is 5.91 Å². The van der Waals surface area contributed by atoms with E-state index in [0.29, 0.717) is 6.42 Å². The number of allylic oxidation sites excluding steroid dienone is 21. The highest BCUT2D eigenvalue weighted by Gasteiger charge is 2.17. The Kier molecular flexibility index (Phi) is 42.1. The topological polar surface area (TPSA) is 69.6 Å². The predicted octanol–water partition coefficient (Wildman–Crippen LogP) is 14.0. The molecule has 0 fully saturated rings. The van der Waals surface area contributed by atoms with Crippen LogP contribution in [0.4, 0.5) is 0 Å². The van der Waals surface area contributed by atoms with Crippen LogP contribution in [0.1, 0.15) is 162 Å². The van der Waals surface area contributed by atoms with Gasteiger partial charge < -0.3 is 15.5 Å². The molecular weight excluding hydrogens is 675 g/mol. The van der Waals surface area contributed by atoms with Gasteiger partial charge >= 0.3 is 0 Å². The van der Waals surface area contributed by atoms with E-state index in [-0.39, 0.29) is 12.5 Å². The number of nitrogens with one attached hydrogen (secondary N) is 1. The zero-order valence-corrected chi connectivity index (χ0v) is 35.1. The average Bonchev–Trinajstić information content (AvgIpc) is 3.19. The molecule has 0 saturated heterocycles. The first-order valence-corrected chi connectivity index (χ1v) is 21.9. The molecule has 0 rings (SSSR count). The molecule has 2 unspecified atom stereocenters. The summed E-state index contributed by atoms with van der Waals surface area (Å²) < 4.78 is 0. The van der Waals surface area contributed by atoms with Gasteiger partial charge in [0.1, 0.15) is 0 Å². The van der Waals surface area contributed by atoms with Gasteiger partial charge in [0.25, 0.3) is 0 Å². The summed E-state index contributed by atoms with van der Waals surface area (Å²) in [5.74, 6) is -0.0972. The second kappa shape index (κ2) is 44.9. The van der Waals surface area contributed by atoms with E-state index in [9.17, 15) is 15.0 Å². The molecule has 3 N–H and O–H groups in total. The third-order valence-corrected chi connectivity index (χ3v) is 8.86. The Morgan fingerprint density at radius 2 is 0.764 bits per heavy atom. The van der Waals surface area contributed by atoms with Crippen molar-refractivity contribution < 1.29 is 15.0 Å². The lowest BCUT2D eigenvalue weighted by molar-refractivity contribution is -0.123. The molecule has 0 spiro atoms. The van der Waals surface area contributed by atoms with Crippen LogP contribution in [-0.4, -0.2) is 34.9 Å². The van der Waals surface area contributed by atoms with E-state index in [4.69, 9.17) is 0 Å². The number of rotatable bonds is 37. The Bertz CT molecular complexity index is 1180. The van der Waals surface area contributed by atoms with Crippen LogP contribution >= 0.6 is 0 Å². The van der Waals surface area contributed by atoms with Gasteiger partial charge in [0.05, 0.1) is 18.8 Å². The summed E-state index contributed by atoms with van der Waals surface area (Å²) in [6.07, 6.45) is 71.4. The summed E-state index contributed by atoms with van der Waals surface area (Å²) in [5, 5.41) is 22.8. The number of amides is 1. The molecule has 0 aliphatic rings. The fourth-order valence-electron chi connectivity index (χ4n) is 5.58. The molecule has 0 heterocycles. The molecule has 0 aromatic carbocycles. The lowest BCUT2D eigenvalue weighted by atomic mass is 10.1. The maximum atomic E-state index is 12.3. The summed E-state index contributed by atoms with van der Waals surface area (Å²) in [7, 11) is 0. The third-order valence-electron chi connectivity index (χ3n) is 8.86. The van der Waals surface area contributed by atoms with E-state index in [1.165, 1.54) is 32.1 Å². The van der Waals surface area contributed by atoms with E-state index < -0.39 is 12.1 Å². The Morgan fingerprint density at radius 1 is 0.436 bits per heavy atom. The van der Waals surface area contributed by atoms with E-state index in [1.54, 1.807) is 6.08 Å². The van der Waals surface area contributed by atoms with Crippen LogP contribution in [0.5, 0.6) is 0 Å². The predicted molar refractivity (Wildman–Crippen MR) is 243 cm³/mol. The van der Waals surface area contributed by atoms with Gasteiger partial charge in [0, 0.05) is 6.42 Å². The Hall–Kier alpha value is -3.47. The molecule has 2 atom stereocenters. The lowest BCUT2D eigenvalue weighted by Crippen LogP contribution is -2.45. The summed E-state index contributed by atoms with van der Waals surface area (Å²) in [6, 6.07) is -0.657. The van der Waals surface area contributed by atoms with Gasteiger partial charge in [-0.2, -0.15) is 0 Å². The SMILES string of the molecule is CC/C=C\C/C=C\C/C=C\C/C=C\C/C=C\C/C=C\C/C=C\C/C=C\CCCCCCCCCCC(=O)NC(CO)C(O)/C=C/CC/C=C/CC/C=C/CC. The van der Waals surface area contributed by atoms with Crippen LogP contribution in [0.2, 0.25) is 0 Å².